The Morgan fingerprint density at radius 1 is 0.929 bits per heavy atom. The van der Waals surface area contributed by atoms with Gasteiger partial charge in [-0.1, -0.05) is 0 Å². The van der Waals surface area contributed by atoms with Crippen LogP contribution in [-0.4, -0.2) is 37.6 Å². The Bertz CT molecular complexity index is 825. The van der Waals surface area contributed by atoms with Crippen molar-refractivity contribution < 1.29 is 37.4 Å². The molecule has 0 unspecified atom stereocenters. The van der Waals surface area contributed by atoms with Crippen LogP contribution in [0.3, 0.4) is 0 Å². The van der Waals surface area contributed by atoms with Gasteiger partial charge in [-0.3, -0.25) is 9.59 Å². The van der Waals surface area contributed by atoms with Crippen LogP contribution in [0.2, 0.25) is 0 Å². The lowest BCUT2D eigenvalue weighted by atomic mass is 10.2. The fourth-order valence-corrected chi connectivity index (χ4v) is 1.97. The third kappa shape index (κ3) is 6.90. The molecule has 0 aliphatic heterocycles. The van der Waals surface area contributed by atoms with Gasteiger partial charge >= 0.3 is 12.6 Å². The molecule has 3 N–H and O–H groups in total. The molecule has 0 heterocycles. The van der Waals surface area contributed by atoms with Crippen LogP contribution in [0.4, 0.5) is 14.5 Å². The minimum absolute atomic E-state index is 0.0531. The van der Waals surface area contributed by atoms with Gasteiger partial charge in [0.1, 0.15) is 11.5 Å². The van der Waals surface area contributed by atoms with Gasteiger partial charge in [-0.15, -0.1) is 0 Å². The standard InChI is InChI=1S/C18H16F2N2O6/c19-18(20)28-14-7-3-12(4-8-14)22-16(24)10-27-17(25)11-1-5-13(6-2-11)26-9-15(21)23/h1-8,18H,9-10H2,(H2,21,23)(H,22,24). The highest BCUT2D eigenvalue weighted by atomic mass is 19.3. The van der Waals surface area contributed by atoms with Crippen molar-refractivity contribution in [2.24, 2.45) is 5.73 Å². The van der Waals surface area contributed by atoms with Crippen LogP contribution in [0.15, 0.2) is 48.5 Å². The topological polar surface area (TPSA) is 117 Å². The molecule has 0 spiro atoms. The van der Waals surface area contributed by atoms with Gasteiger partial charge in [0.15, 0.2) is 13.2 Å². The summed E-state index contributed by atoms with van der Waals surface area (Å²) in [6, 6.07) is 10.9. The monoisotopic (exact) mass is 394 g/mol. The van der Waals surface area contributed by atoms with E-state index >= 15 is 0 Å². The van der Waals surface area contributed by atoms with Gasteiger partial charge in [-0.25, -0.2) is 4.79 Å². The number of carbonyl (C=O) groups is 3. The average molecular weight is 394 g/mol. The highest BCUT2D eigenvalue weighted by molar-refractivity contribution is 5.95. The molecule has 0 atom stereocenters. The number of hydrogen-bond donors (Lipinski definition) is 2. The summed E-state index contributed by atoms with van der Waals surface area (Å²) in [5.74, 6) is -1.70. The predicted octanol–water partition coefficient (Wildman–Crippen LogP) is 1.95. The molecule has 2 aromatic rings. The van der Waals surface area contributed by atoms with Crippen LogP contribution in [0.25, 0.3) is 0 Å². The molecule has 0 fully saturated rings. The molecule has 0 saturated heterocycles. The highest BCUT2D eigenvalue weighted by Crippen LogP contribution is 2.17. The number of alkyl halides is 2. The van der Waals surface area contributed by atoms with E-state index in [4.69, 9.17) is 15.2 Å². The number of nitrogens with two attached hydrogens (primary N) is 1. The van der Waals surface area contributed by atoms with Crippen LogP contribution in [0, 0.1) is 0 Å². The predicted molar refractivity (Wildman–Crippen MR) is 93.1 cm³/mol. The zero-order valence-electron chi connectivity index (χ0n) is 14.4. The van der Waals surface area contributed by atoms with Gasteiger partial charge in [0.25, 0.3) is 11.8 Å². The summed E-state index contributed by atoms with van der Waals surface area (Å²) in [6.45, 7) is -3.78. The van der Waals surface area contributed by atoms with Gasteiger partial charge in [0.2, 0.25) is 0 Å². The molecular formula is C18H16F2N2O6. The van der Waals surface area contributed by atoms with Crippen molar-refractivity contribution in [2.45, 2.75) is 6.61 Å². The van der Waals surface area contributed by atoms with Crippen molar-refractivity contribution >= 4 is 23.5 Å². The molecule has 0 radical (unpaired) electrons. The lowest BCUT2D eigenvalue weighted by molar-refractivity contribution is -0.120. The van der Waals surface area contributed by atoms with Crippen molar-refractivity contribution in [1.82, 2.24) is 0 Å². The number of halogens is 2. The van der Waals surface area contributed by atoms with E-state index in [1.165, 1.54) is 48.5 Å². The maximum Gasteiger partial charge on any atom is 0.387 e. The molecular weight excluding hydrogens is 378 g/mol. The van der Waals surface area contributed by atoms with Crippen LogP contribution in [0.1, 0.15) is 10.4 Å². The first-order valence-corrected chi connectivity index (χ1v) is 7.86. The summed E-state index contributed by atoms with van der Waals surface area (Å²) < 4.78 is 38.3. The SMILES string of the molecule is NC(=O)COc1ccc(C(=O)OCC(=O)Nc2ccc(OC(F)F)cc2)cc1. The van der Waals surface area contributed by atoms with E-state index in [0.717, 1.165) is 0 Å². The Morgan fingerprint density at radius 2 is 1.54 bits per heavy atom. The van der Waals surface area contributed by atoms with Crippen LogP contribution >= 0.6 is 0 Å². The van der Waals surface area contributed by atoms with Gasteiger partial charge in [0.05, 0.1) is 5.56 Å². The van der Waals surface area contributed by atoms with E-state index in [9.17, 15) is 23.2 Å². The summed E-state index contributed by atoms with van der Waals surface area (Å²) in [4.78, 5) is 34.4. The molecule has 0 saturated carbocycles. The number of ether oxygens (including phenoxy) is 3. The number of benzene rings is 2. The molecule has 0 aliphatic carbocycles. The average Bonchev–Trinajstić information content (AvgIpc) is 2.66. The second kappa shape index (κ2) is 9.86. The Morgan fingerprint density at radius 3 is 2.11 bits per heavy atom. The smallest absolute Gasteiger partial charge is 0.387 e. The lowest BCUT2D eigenvalue weighted by Gasteiger charge is -2.08. The third-order valence-electron chi connectivity index (χ3n) is 3.17. The van der Waals surface area contributed by atoms with E-state index in [2.05, 4.69) is 10.1 Å². The zero-order chi connectivity index (χ0) is 20.5. The number of hydrogen-bond acceptors (Lipinski definition) is 6. The Kier molecular flexibility index (Phi) is 7.26. The van der Waals surface area contributed by atoms with Crippen LogP contribution in [-0.2, 0) is 14.3 Å². The second-order valence-electron chi connectivity index (χ2n) is 5.31. The minimum atomic E-state index is -2.94. The number of anilines is 1. The van der Waals surface area contributed by atoms with Gasteiger partial charge in [-0.2, -0.15) is 8.78 Å². The summed E-state index contributed by atoms with van der Waals surface area (Å²) in [5, 5.41) is 2.44. The van der Waals surface area contributed by atoms with E-state index in [0.29, 0.717) is 11.4 Å². The molecule has 2 rings (SSSR count). The number of esters is 1. The number of carbonyl (C=O) groups excluding carboxylic acids is 3. The second-order valence-corrected chi connectivity index (χ2v) is 5.31. The van der Waals surface area contributed by atoms with Crippen LogP contribution in [0.5, 0.6) is 11.5 Å². The van der Waals surface area contributed by atoms with Gasteiger partial charge in [-0.05, 0) is 48.5 Å². The number of rotatable bonds is 9. The molecule has 8 nitrogen and oxygen atoms in total. The quantitative estimate of drug-likeness (QED) is 0.628. The fraction of sp³-hybridized carbons (Fsp3) is 0.167. The minimum Gasteiger partial charge on any atom is -0.484 e. The molecule has 148 valence electrons. The summed E-state index contributed by atoms with van der Waals surface area (Å²) in [6.07, 6.45) is 0. The summed E-state index contributed by atoms with van der Waals surface area (Å²) in [5.41, 5.74) is 5.45. The summed E-state index contributed by atoms with van der Waals surface area (Å²) in [7, 11) is 0. The maximum absolute atomic E-state index is 12.1. The number of nitrogens with one attached hydrogen (secondary N) is 1. The molecule has 2 amide bonds. The Labute approximate surface area is 158 Å². The van der Waals surface area contributed by atoms with Crippen molar-refractivity contribution in [1.29, 1.82) is 0 Å². The van der Waals surface area contributed by atoms with Crippen molar-refractivity contribution in [3.63, 3.8) is 0 Å². The van der Waals surface area contributed by atoms with Crippen LogP contribution < -0.4 is 20.5 Å². The zero-order valence-corrected chi connectivity index (χ0v) is 14.4. The molecule has 28 heavy (non-hydrogen) atoms. The van der Waals surface area contributed by atoms with Crippen molar-refractivity contribution in [2.75, 3.05) is 18.5 Å². The molecule has 0 aromatic heterocycles. The lowest BCUT2D eigenvalue weighted by Crippen LogP contribution is -2.21. The first-order valence-electron chi connectivity index (χ1n) is 7.86. The fourth-order valence-electron chi connectivity index (χ4n) is 1.97. The highest BCUT2D eigenvalue weighted by Gasteiger charge is 2.11. The van der Waals surface area contributed by atoms with E-state index in [-0.39, 0.29) is 17.9 Å². The Hall–Kier alpha value is -3.69. The number of amides is 2. The Balaban J connectivity index is 1.80. The van der Waals surface area contributed by atoms with E-state index in [1.807, 2.05) is 0 Å². The third-order valence-corrected chi connectivity index (χ3v) is 3.17. The summed E-state index contributed by atoms with van der Waals surface area (Å²) >= 11 is 0. The first kappa shape index (κ1) is 20.6. The van der Waals surface area contributed by atoms with Gasteiger partial charge < -0.3 is 25.3 Å². The number of primary amides is 1. The van der Waals surface area contributed by atoms with E-state index < -0.39 is 31.0 Å². The first-order chi connectivity index (χ1) is 13.3. The molecule has 0 aliphatic rings. The largest absolute Gasteiger partial charge is 0.484 e. The van der Waals surface area contributed by atoms with Crippen molar-refractivity contribution in [3.8, 4) is 11.5 Å². The maximum atomic E-state index is 12.1. The molecule has 10 heteroatoms. The normalized spacial score (nSPS) is 10.2. The molecule has 2 aromatic carbocycles. The van der Waals surface area contributed by atoms with Crippen molar-refractivity contribution in [3.05, 3.63) is 54.1 Å². The van der Waals surface area contributed by atoms with Gasteiger partial charge in [0, 0.05) is 5.69 Å². The molecule has 0 bridgehead atoms. The van der Waals surface area contributed by atoms with E-state index in [1.54, 1.807) is 0 Å².